The third-order valence-electron chi connectivity index (χ3n) is 3.58. The van der Waals surface area contributed by atoms with E-state index in [2.05, 4.69) is 15.2 Å². The summed E-state index contributed by atoms with van der Waals surface area (Å²) in [4.78, 5) is 18.4. The maximum absolute atomic E-state index is 11.9. The Kier molecular flexibility index (Phi) is 9.36. The van der Waals surface area contributed by atoms with Crippen LogP contribution in [0.5, 0.6) is 0 Å². The van der Waals surface area contributed by atoms with Crippen LogP contribution >= 0.6 is 24.8 Å². The lowest BCUT2D eigenvalue weighted by Crippen LogP contribution is -2.36. The third kappa shape index (κ3) is 5.61. The van der Waals surface area contributed by atoms with Crippen LogP contribution in [0.2, 0.25) is 0 Å². The van der Waals surface area contributed by atoms with E-state index in [1.165, 1.54) is 0 Å². The van der Waals surface area contributed by atoms with Crippen molar-refractivity contribution in [2.24, 2.45) is 11.7 Å². The Morgan fingerprint density at radius 3 is 2.45 bits per heavy atom. The average molecular weight is 351 g/mol. The molecule has 0 bridgehead atoms. The molecule has 126 valence electrons. The highest BCUT2D eigenvalue weighted by Gasteiger charge is 2.17. The summed E-state index contributed by atoms with van der Waals surface area (Å²) in [5.41, 5.74) is 6.76. The van der Waals surface area contributed by atoms with E-state index < -0.39 is 0 Å². The summed E-state index contributed by atoms with van der Waals surface area (Å²) in [6.07, 6.45) is 1.78. The molecule has 0 aliphatic carbocycles. The van der Waals surface area contributed by atoms with Gasteiger partial charge in [0, 0.05) is 19.1 Å². The van der Waals surface area contributed by atoms with E-state index in [1.54, 1.807) is 6.20 Å². The molecule has 1 aliphatic heterocycles. The molecule has 2 atom stereocenters. The van der Waals surface area contributed by atoms with E-state index >= 15 is 0 Å². The van der Waals surface area contributed by atoms with Crippen LogP contribution in [0.4, 0.5) is 11.5 Å². The number of nitrogens with two attached hydrogens (primary N) is 1. The van der Waals surface area contributed by atoms with Crippen molar-refractivity contribution >= 4 is 42.2 Å². The molecule has 2 heterocycles. The van der Waals surface area contributed by atoms with Gasteiger partial charge in [0.05, 0.1) is 31.0 Å². The fraction of sp³-hybridized carbons (Fsp3) is 0.571. The molecule has 1 aliphatic rings. The first kappa shape index (κ1) is 20.9. The number of aromatic nitrogens is 1. The second kappa shape index (κ2) is 9.84. The molecule has 2 unspecified atom stereocenters. The van der Waals surface area contributed by atoms with Crippen molar-refractivity contribution in [3.63, 3.8) is 0 Å². The number of rotatable bonds is 4. The minimum atomic E-state index is -0.240. The van der Waals surface area contributed by atoms with Gasteiger partial charge in [-0.1, -0.05) is 6.92 Å². The van der Waals surface area contributed by atoms with Crippen LogP contribution in [-0.4, -0.2) is 43.2 Å². The van der Waals surface area contributed by atoms with Crippen molar-refractivity contribution in [2.45, 2.75) is 19.9 Å². The normalized spacial score (nSPS) is 16.8. The number of carbonyl (C=O) groups is 1. The molecule has 1 amide bonds. The fourth-order valence-electron chi connectivity index (χ4n) is 1.95. The zero-order valence-electron chi connectivity index (χ0n) is 12.8. The number of hydrogen-bond acceptors (Lipinski definition) is 5. The molecule has 6 nitrogen and oxygen atoms in total. The number of morpholine rings is 1. The van der Waals surface area contributed by atoms with Gasteiger partial charge >= 0.3 is 0 Å². The van der Waals surface area contributed by atoms with Crippen molar-refractivity contribution in [1.82, 2.24) is 4.98 Å². The molecule has 22 heavy (non-hydrogen) atoms. The van der Waals surface area contributed by atoms with Crippen LogP contribution in [0.3, 0.4) is 0 Å². The summed E-state index contributed by atoms with van der Waals surface area (Å²) in [6.45, 7) is 6.85. The SMILES string of the molecule is CC(N)C(C)C(=O)Nc1ccc(N2CCOCC2)cn1.Cl.Cl. The zero-order valence-corrected chi connectivity index (χ0v) is 14.5. The number of hydrogen-bond donors (Lipinski definition) is 2. The summed E-state index contributed by atoms with van der Waals surface area (Å²) >= 11 is 0. The first-order valence-corrected chi connectivity index (χ1v) is 6.93. The van der Waals surface area contributed by atoms with Gasteiger partial charge in [0.2, 0.25) is 5.91 Å². The summed E-state index contributed by atoms with van der Waals surface area (Å²) in [6, 6.07) is 3.60. The topological polar surface area (TPSA) is 80.5 Å². The zero-order chi connectivity index (χ0) is 14.5. The molecule has 0 saturated carbocycles. The Morgan fingerprint density at radius 2 is 1.95 bits per heavy atom. The summed E-state index contributed by atoms with van der Waals surface area (Å²) in [7, 11) is 0. The van der Waals surface area contributed by atoms with Crippen molar-refractivity contribution in [3.8, 4) is 0 Å². The van der Waals surface area contributed by atoms with Gasteiger partial charge in [-0.05, 0) is 19.1 Å². The number of nitrogens with one attached hydrogen (secondary N) is 1. The molecule has 3 N–H and O–H groups in total. The van der Waals surface area contributed by atoms with Gasteiger partial charge < -0.3 is 20.7 Å². The van der Waals surface area contributed by atoms with Crippen molar-refractivity contribution in [3.05, 3.63) is 18.3 Å². The Morgan fingerprint density at radius 1 is 1.32 bits per heavy atom. The highest BCUT2D eigenvalue weighted by molar-refractivity contribution is 5.91. The van der Waals surface area contributed by atoms with E-state index in [0.29, 0.717) is 5.82 Å². The van der Waals surface area contributed by atoms with E-state index in [1.807, 2.05) is 26.0 Å². The fourth-order valence-corrected chi connectivity index (χ4v) is 1.95. The minimum absolute atomic E-state index is 0. The van der Waals surface area contributed by atoms with E-state index in [0.717, 1.165) is 32.0 Å². The molecule has 8 heteroatoms. The van der Waals surface area contributed by atoms with Crippen LogP contribution in [0, 0.1) is 5.92 Å². The summed E-state index contributed by atoms with van der Waals surface area (Å²) in [5.74, 6) is 0.210. The Hall–Kier alpha value is -1.08. The van der Waals surface area contributed by atoms with Crippen molar-refractivity contribution < 1.29 is 9.53 Å². The quantitative estimate of drug-likeness (QED) is 0.863. The molecule has 0 radical (unpaired) electrons. The number of carbonyl (C=O) groups excluding carboxylic acids is 1. The van der Waals surface area contributed by atoms with Gasteiger partial charge in [0.25, 0.3) is 0 Å². The lowest BCUT2D eigenvalue weighted by Gasteiger charge is -2.28. The lowest BCUT2D eigenvalue weighted by atomic mass is 10.0. The summed E-state index contributed by atoms with van der Waals surface area (Å²) in [5, 5.41) is 2.78. The summed E-state index contributed by atoms with van der Waals surface area (Å²) < 4.78 is 5.32. The predicted octanol–water partition coefficient (Wildman–Crippen LogP) is 1.68. The molecule has 1 aromatic rings. The van der Waals surface area contributed by atoms with Gasteiger partial charge in [0.1, 0.15) is 5.82 Å². The molecule has 1 fully saturated rings. The van der Waals surface area contributed by atoms with Crippen molar-refractivity contribution in [1.29, 1.82) is 0 Å². The smallest absolute Gasteiger partial charge is 0.229 e. The van der Waals surface area contributed by atoms with Crippen molar-refractivity contribution in [2.75, 3.05) is 36.5 Å². The third-order valence-corrected chi connectivity index (χ3v) is 3.58. The standard InChI is InChI=1S/C14H22N4O2.2ClH/c1-10(11(2)15)14(19)17-13-4-3-12(9-16-13)18-5-7-20-8-6-18;;/h3-4,9-11H,5-8,15H2,1-2H3,(H,16,17,19);2*1H. The van der Waals surface area contributed by atoms with E-state index in [4.69, 9.17) is 10.5 Å². The van der Waals surface area contributed by atoms with Crippen LogP contribution in [0.15, 0.2) is 18.3 Å². The maximum atomic E-state index is 11.9. The molecule has 1 saturated heterocycles. The molecular weight excluding hydrogens is 327 g/mol. The number of nitrogens with zero attached hydrogens (tertiary/aromatic N) is 2. The lowest BCUT2D eigenvalue weighted by molar-refractivity contribution is -0.119. The van der Waals surface area contributed by atoms with Crippen LogP contribution in [0.25, 0.3) is 0 Å². The maximum Gasteiger partial charge on any atom is 0.229 e. The van der Waals surface area contributed by atoms with Gasteiger partial charge in [0.15, 0.2) is 0 Å². The number of pyridine rings is 1. The average Bonchev–Trinajstić information content (AvgIpc) is 2.48. The highest BCUT2D eigenvalue weighted by atomic mass is 35.5. The molecule has 0 aromatic carbocycles. The second-order valence-electron chi connectivity index (χ2n) is 5.14. The van der Waals surface area contributed by atoms with E-state index in [-0.39, 0.29) is 42.7 Å². The van der Waals surface area contributed by atoms with Gasteiger partial charge in [-0.25, -0.2) is 4.98 Å². The number of anilines is 2. The Bertz CT molecular complexity index is 451. The number of amides is 1. The van der Waals surface area contributed by atoms with Crippen LogP contribution in [0.1, 0.15) is 13.8 Å². The van der Waals surface area contributed by atoms with Gasteiger partial charge in [-0.15, -0.1) is 24.8 Å². The monoisotopic (exact) mass is 350 g/mol. The number of halogens is 2. The minimum Gasteiger partial charge on any atom is -0.378 e. The largest absolute Gasteiger partial charge is 0.378 e. The van der Waals surface area contributed by atoms with Gasteiger partial charge in [-0.3, -0.25) is 4.79 Å². The predicted molar refractivity (Wildman–Crippen MR) is 93.2 cm³/mol. The molecular formula is C14H24Cl2N4O2. The molecule has 1 aromatic heterocycles. The Labute approximate surface area is 143 Å². The van der Waals surface area contributed by atoms with Gasteiger partial charge in [-0.2, -0.15) is 0 Å². The first-order valence-electron chi connectivity index (χ1n) is 6.93. The second-order valence-corrected chi connectivity index (χ2v) is 5.14. The Balaban J connectivity index is 0.00000220. The highest BCUT2D eigenvalue weighted by Crippen LogP contribution is 2.17. The molecule has 2 rings (SSSR count). The van der Waals surface area contributed by atoms with Crippen LogP contribution in [-0.2, 0) is 9.53 Å². The van der Waals surface area contributed by atoms with E-state index in [9.17, 15) is 4.79 Å². The number of ether oxygens (including phenoxy) is 1. The molecule has 0 spiro atoms. The van der Waals surface area contributed by atoms with Crippen LogP contribution < -0.4 is 16.0 Å². The first-order chi connectivity index (χ1) is 9.58.